The number of hydrogen-bond donors (Lipinski definition) is 5. The van der Waals surface area contributed by atoms with Crippen LogP contribution in [0.2, 0.25) is 0 Å². The lowest BCUT2D eigenvalue weighted by Crippen LogP contribution is -2.57. The Hall–Kier alpha value is -6.81. The number of esters is 1. The summed E-state index contributed by atoms with van der Waals surface area (Å²) < 4.78 is 20.5. The van der Waals surface area contributed by atoms with Crippen molar-refractivity contribution < 1.29 is 47.7 Å². The monoisotopic (exact) mass is 895 g/mol. The van der Waals surface area contributed by atoms with Crippen molar-refractivity contribution in [3.05, 3.63) is 150 Å². The molecule has 340 valence electrons. The Labute approximate surface area is 378 Å². The molecule has 4 aromatic carbocycles. The molecular formula is C48H57N5O10S. The quantitative estimate of drug-likeness (QED) is 0.0296. The summed E-state index contributed by atoms with van der Waals surface area (Å²) >= 11 is 1.40. The molecule has 0 aliphatic carbocycles. The van der Waals surface area contributed by atoms with Crippen LogP contribution >= 0.6 is 11.8 Å². The number of ether oxygens (including phenoxy) is 4. The highest BCUT2D eigenvalue weighted by atomic mass is 32.2. The highest BCUT2D eigenvalue weighted by molar-refractivity contribution is 8.00. The van der Waals surface area contributed by atoms with E-state index < -0.39 is 76.7 Å². The number of carbonyl (C=O) groups is 6. The van der Waals surface area contributed by atoms with E-state index in [1.807, 2.05) is 91.0 Å². The fraction of sp³-hybridized carbons (Fsp3) is 0.333. The summed E-state index contributed by atoms with van der Waals surface area (Å²) in [5.41, 5.74) is 7.58. The van der Waals surface area contributed by atoms with Gasteiger partial charge in [-0.1, -0.05) is 116 Å². The van der Waals surface area contributed by atoms with Crippen LogP contribution in [0, 0.1) is 0 Å². The topological polar surface area (TPSA) is 213 Å². The van der Waals surface area contributed by atoms with Crippen LogP contribution in [0.25, 0.3) is 0 Å². The second-order valence-electron chi connectivity index (χ2n) is 16.5. The third-order valence-corrected chi connectivity index (χ3v) is 10.7. The fourth-order valence-electron chi connectivity index (χ4n) is 6.25. The molecule has 4 rings (SSSR count). The average molecular weight is 896 g/mol. The summed E-state index contributed by atoms with van der Waals surface area (Å²) in [6, 6.07) is 31.5. The number of alkyl carbamates (subject to hydrolysis) is 2. The molecule has 15 nitrogen and oxygen atoms in total. The lowest BCUT2D eigenvalue weighted by molar-refractivity contribution is -0.144. The Morgan fingerprint density at radius 3 is 1.59 bits per heavy atom. The van der Waals surface area contributed by atoms with Gasteiger partial charge < -0.3 is 45.9 Å². The Balaban J connectivity index is 1.54. The van der Waals surface area contributed by atoms with E-state index in [4.69, 9.17) is 24.7 Å². The van der Waals surface area contributed by atoms with Gasteiger partial charge in [0.15, 0.2) is 0 Å². The number of primary amides is 1. The summed E-state index contributed by atoms with van der Waals surface area (Å²) in [5.74, 6) is -2.33. The van der Waals surface area contributed by atoms with Crippen molar-refractivity contribution in [2.45, 2.75) is 82.0 Å². The lowest BCUT2D eigenvalue weighted by atomic mass is 9.84. The van der Waals surface area contributed by atoms with Crippen LogP contribution in [-0.2, 0) is 39.8 Å². The van der Waals surface area contributed by atoms with Gasteiger partial charge in [-0.05, 0) is 75.9 Å². The maximum absolute atomic E-state index is 14.0. The molecule has 0 bridgehead atoms. The van der Waals surface area contributed by atoms with Crippen molar-refractivity contribution in [1.82, 2.24) is 21.3 Å². The van der Waals surface area contributed by atoms with Crippen LogP contribution in [-0.4, -0.2) is 84.3 Å². The fourth-order valence-corrected chi connectivity index (χ4v) is 7.82. The smallest absolute Gasteiger partial charge is 0.413 e. The van der Waals surface area contributed by atoms with E-state index >= 15 is 0 Å². The van der Waals surface area contributed by atoms with Gasteiger partial charge in [0.2, 0.25) is 11.8 Å². The predicted octanol–water partition coefficient (Wildman–Crippen LogP) is 6.53. The molecule has 0 radical (unpaired) electrons. The number of carbonyl (C=O) groups excluding carboxylic acids is 6. The van der Waals surface area contributed by atoms with Gasteiger partial charge in [0.05, 0.1) is 11.3 Å². The highest BCUT2D eigenvalue weighted by Gasteiger charge is 2.39. The number of rotatable bonds is 19. The number of nitrogens with two attached hydrogens (primary N) is 1. The lowest BCUT2D eigenvalue weighted by Gasteiger charge is -2.36. The number of thioether (sulfide) groups is 1. The van der Waals surface area contributed by atoms with E-state index in [1.54, 1.807) is 53.7 Å². The molecule has 5 amide bonds. The first-order chi connectivity index (χ1) is 30.3. The molecule has 64 heavy (non-hydrogen) atoms. The average Bonchev–Trinajstić information content (AvgIpc) is 3.24. The van der Waals surface area contributed by atoms with Crippen molar-refractivity contribution >= 4 is 47.8 Å². The molecule has 16 heteroatoms. The predicted molar refractivity (Wildman–Crippen MR) is 244 cm³/mol. The molecule has 3 atom stereocenters. The van der Waals surface area contributed by atoms with Gasteiger partial charge in [0.25, 0.3) is 0 Å². The number of hydrogen-bond acceptors (Lipinski definition) is 11. The van der Waals surface area contributed by atoms with E-state index in [-0.39, 0.29) is 24.5 Å². The number of benzene rings is 4. The maximum Gasteiger partial charge on any atom is 0.413 e. The first-order valence-electron chi connectivity index (χ1n) is 20.5. The Morgan fingerprint density at radius 1 is 0.641 bits per heavy atom. The van der Waals surface area contributed by atoms with Gasteiger partial charge in [0, 0.05) is 12.2 Å². The number of amides is 5. The first-order valence-corrected chi connectivity index (χ1v) is 21.5. The van der Waals surface area contributed by atoms with Crippen molar-refractivity contribution in [1.29, 1.82) is 0 Å². The minimum absolute atomic E-state index is 0.00273. The maximum atomic E-state index is 14.0. The summed E-state index contributed by atoms with van der Waals surface area (Å²) in [4.78, 5) is 78.5. The van der Waals surface area contributed by atoms with Gasteiger partial charge in [-0.3, -0.25) is 9.59 Å². The van der Waals surface area contributed by atoms with Crippen molar-refractivity contribution in [2.75, 3.05) is 18.9 Å². The Bertz CT molecular complexity index is 2100. The van der Waals surface area contributed by atoms with Gasteiger partial charge in [-0.2, -0.15) is 0 Å². The van der Waals surface area contributed by atoms with E-state index in [1.165, 1.54) is 30.0 Å². The van der Waals surface area contributed by atoms with Gasteiger partial charge in [0.1, 0.15) is 41.7 Å². The number of nitrogens with one attached hydrogen (secondary N) is 4. The third-order valence-electron chi connectivity index (χ3n) is 9.02. The third kappa shape index (κ3) is 15.5. The van der Waals surface area contributed by atoms with E-state index in [9.17, 15) is 28.8 Å². The zero-order valence-electron chi connectivity index (χ0n) is 36.9. The van der Waals surface area contributed by atoms with Crippen LogP contribution in [0.15, 0.2) is 128 Å². The van der Waals surface area contributed by atoms with Crippen LogP contribution < -0.4 is 31.7 Å². The molecule has 0 spiro atoms. The zero-order valence-corrected chi connectivity index (χ0v) is 37.7. The minimum Gasteiger partial charge on any atom is -0.460 e. The second kappa shape index (κ2) is 23.0. The summed E-state index contributed by atoms with van der Waals surface area (Å²) in [6.45, 7) is 13.1. The van der Waals surface area contributed by atoms with Gasteiger partial charge >= 0.3 is 24.2 Å². The molecule has 0 fully saturated rings. The van der Waals surface area contributed by atoms with Crippen molar-refractivity contribution in [2.24, 2.45) is 5.73 Å². The standard InChI is InChI=1S/C48H57N5O10S/c1-8-28-60-42(56)37(52-45(59)63-47(5,6)7)29-32-24-26-36(27-25-32)61-44(58)53-38(30-50-43(57)62-46(2,3)4)41(55)51-39(40(49)54)31-64-48(33-18-12-9-13-19-33,34-20-14-10-15-21-34)35-22-16-11-17-23-35/h8-27,37-39H,1,28-31H2,2-7H3,(H2,49,54)(H,50,57)(H,51,55)(H,52,59)(H,53,58)/t37-,38-,39-/m0/s1. The van der Waals surface area contributed by atoms with Crippen molar-refractivity contribution in [3.8, 4) is 5.75 Å². The minimum atomic E-state index is -1.48. The summed E-state index contributed by atoms with van der Waals surface area (Å²) in [5, 5.41) is 10.2. The Morgan fingerprint density at radius 2 is 1.12 bits per heavy atom. The van der Waals surface area contributed by atoms with Gasteiger partial charge in [-0.15, -0.1) is 11.8 Å². The summed E-state index contributed by atoms with van der Waals surface area (Å²) in [7, 11) is 0. The molecule has 0 saturated carbocycles. The molecule has 0 unspecified atom stereocenters. The molecule has 0 saturated heterocycles. The van der Waals surface area contributed by atoms with E-state index in [2.05, 4.69) is 27.8 Å². The summed E-state index contributed by atoms with van der Waals surface area (Å²) in [6.07, 6.45) is -1.35. The molecule has 0 aliphatic rings. The van der Waals surface area contributed by atoms with Crippen molar-refractivity contribution in [3.63, 3.8) is 0 Å². The van der Waals surface area contributed by atoms with Crippen LogP contribution in [0.3, 0.4) is 0 Å². The normalized spacial score (nSPS) is 12.8. The zero-order chi connectivity index (χ0) is 46.9. The molecular weight excluding hydrogens is 839 g/mol. The molecule has 0 heterocycles. The molecule has 0 aliphatic heterocycles. The Kier molecular flexibility index (Phi) is 17.9. The SMILES string of the molecule is C=CCOC(=O)[C@H](Cc1ccc(OC(=O)N[C@@H](CNC(=O)OC(C)(C)C)C(=O)N[C@@H](CSC(c2ccccc2)(c2ccccc2)c2ccccc2)C(N)=O)cc1)NC(=O)OC(C)(C)C. The first kappa shape index (κ1) is 49.8. The molecule has 6 N–H and O–H groups in total. The van der Waals surface area contributed by atoms with E-state index in [0.717, 1.165) is 16.7 Å². The molecule has 0 aromatic heterocycles. The molecule has 4 aromatic rings. The van der Waals surface area contributed by atoms with Crippen LogP contribution in [0.1, 0.15) is 63.8 Å². The van der Waals surface area contributed by atoms with Crippen LogP contribution in [0.5, 0.6) is 5.75 Å². The van der Waals surface area contributed by atoms with Crippen LogP contribution in [0.4, 0.5) is 14.4 Å². The van der Waals surface area contributed by atoms with E-state index in [0.29, 0.717) is 5.56 Å². The second-order valence-corrected chi connectivity index (χ2v) is 17.7. The van der Waals surface area contributed by atoms with Gasteiger partial charge in [-0.25, -0.2) is 19.2 Å². The highest BCUT2D eigenvalue weighted by Crippen LogP contribution is 2.48. The largest absolute Gasteiger partial charge is 0.460 e.